The van der Waals surface area contributed by atoms with E-state index in [1.807, 2.05) is 52.8 Å². The summed E-state index contributed by atoms with van der Waals surface area (Å²) in [5.74, 6) is -0.872. The molecule has 0 spiro atoms. The molecule has 2 fully saturated rings. The molecule has 1 amide bonds. The highest BCUT2D eigenvalue weighted by Gasteiger charge is 2.47. The largest absolute Gasteiger partial charge is 0.457 e. The summed E-state index contributed by atoms with van der Waals surface area (Å²) in [5.41, 5.74) is -0.339. The number of esters is 1. The lowest BCUT2D eigenvalue weighted by Gasteiger charge is -2.39. The summed E-state index contributed by atoms with van der Waals surface area (Å²) in [6.07, 6.45) is 10.3. The monoisotopic (exact) mass is 713 g/mol. The van der Waals surface area contributed by atoms with E-state index in [4.69, 9.17) is 18.9 Å². The Bertz CT molecular complexity index is 1380. The summed E-state index contributed by atoms with van der Waals surface area (Å²) in [7, 11) is 1.56. The number of rotatable bonds is 11. The lowest BCUT2D eigenvalue weighted by Crippen LogP contribution is -2.51. The smallest absolute Gasteiger partial charge is 0.410 e. The number of pyridine rings is 1. The van der Waals surface area contributed by atoms with E-state index in [1.165, 1.54) is 0 Å². The Morgan fingerprint density at radius 1 is 1.22 bits per heavy atom. The summed E-state index contributed by atoms with van der Waals surface area (Å²) >= 11 is 0. The maximum atomic E-state index is 13.5. The molecule has 12 heteroatoms. The molecule has 0 radical (unpaired) electrons. The number of epoxide rings is 1. The van der Waals surface area contributed by atoms with Gasteiger partial charge in [-0.25, -0.2) is 4.79 Å². The van der Waals surface area contributed by atoms with Crippen molar-refractivity contribution in [2.45, 2.75) is 121 Å². The van der Waals surface area contributed by atoms with Gasteiger partial charge in [0.15, 0.2) is 6.10 Å². The van der Waals surface area contributed by atoms with Crippen LogP contribution in [-0.2, 0) is 23.7 Å². The first-order valence-corrected chi connectivity index (χ1v) is 18.3. The van der Waals surface area contributed by atoms with Gasteiger partial charge in [0.25, 0.3) is 0 Å². The third-order valence-electron chi connectivity index (χ3n) is 10.6. The summed E-state index contributed by atoms with van der Waals surface area (Å²) in [5, 5.41) is 32.0. The van der Waals surface area contributed by atoms with Crippen molar-refractivity contribution in [3.05, 3.63) is 60.5 Å². The molecule has 4 heterocycles. The zero-order chi connectivity index (χ0) is 37.3. The van der Waals surface area contributed by atoms with Crippen LogP contribution in [0.5, 0.6) is 0 Å². The predicted molar refractivity (Wildman–Crippen MR) is 194 cm³/mol. The summed E-state index contributed by atoms with van der Waals surface area (Å²) in [6.45, 7) is 13.5. The highest BCUT2D eigenvalue weighted by atomic mass is 16.6. The fourth-order valence-corrected chi connectivity index (χ4v) is 6.89. The number of hydrogen-bond donors (Lipinski definition) is 3. The molecule has 10 atom stereocenters. The Morgan fingerprint density at radius 3 is 2.55 bits per heavy atom. The second-order valence-electron chi connectivity index (χ2n) is 14.9. The molecule has 2 saturated heterocycles. The number of cyclic esters (lactones) is 1. The quantitative estimate of drug-likeness (QED) is 0.128. The molecule has 51 heavy (non-hydrogen) atoms. The third kappa shape index (κ3) is 11.3. The van der Waals surface area contributed by atoms with Gasteiger partial charge in [0.1, 0.15) is 11.7 Å². The predicted octanol–water partition coefficient (Wildman–Crippen LogP) is 4.58. The van der Waals surface area contributed by atoms with Gasteiger partial charge in [0.2, 0.25) is 0 Å². The van der Waals surface area contributed by atoms with Crippen LogP contribution in [0.4, 0.5) is 10.5 Å². The van der Waals surface area contributed by atoms with E-state index >= 15 is 0 Å². The highest BCUT2D eigenvalue weighted by Crippen LogP contribution is 2.38. The van der Waals surface area contributed by atoms with Crippen LogP contribution in [0.15, 0.2) is 60.5 Å². The average molecular weight is 714 g/mol. The number of amides is 1. The van der Waals surface area contributed by atoms with Gasteiger partial charge in [-0.05, 0) is 63.8 Å². The van der Waals surface area contributed by atoms with Crippen LogP contribution >= 0.6 is 0 Å². The number of aromatic nitrogens is 1. The van der Waals surface area contributed by atoms with Crippen molar-refractivity contribution in [1.29, 1.82) is 0 Å². The van der Waals surface area contributed by atoms with E-state index in [0.717, 1.165) is 11.3 Å². The second kappa shape index (κ2) is 18.0. The van der Waals surface area contributed by atoms with E-state index < -0.39 is 47.7 Å². The molecular weight excluding hydrogens is 654 g/mol. The first-order valence-electron chi connectivity index (χ1n) is 18.3. The molecule has 0 bridgehead atoms. The number of hydrogen-bond acceptors (Lipinski definition) is 11. The van der Waals surface area contributed by atoms with Crippen LogP contribution in [0.2, 0.25) is 0 Å². The molecule has 12 nitrogen and oxygen atoms in total. The van der Waals surface area contributed by atoms with Gasteiger partial charge in [-0.1, -0.05) is 45.1 Å². The number of aliphatic hydroxyl groups excluding tert-OH is 2. The minimum Gasteiger partial charge on any atom is -0.457 e. The van der Waals surface area contributed by atoms with Gasteiger partial charge in [-0.2, -0.15) is 0 Å². The van der Waals surface area contributed by atoms with E-state index in [1.54, 1.807) is 55.6 Å². The number of piperazine rings is 1. The number of ether oxygens (including phenoxy) is 4. The maximum Gasteiger partial charge on any atom is 0.410 e. The maximum absolute atomic E-state index is 13.5. The SMILES string of the molecule is CCC(O)C(C)C1OC1CC(C)(O)/C=C/C=C(\C)C1OC(=O)CC(O)CCC(C)(OC)C(OC(=O)N2CCN(c3ccncc3)CC2)/C=C\C1C. The number of carbonyl (C=O) groups is 2. The zero-order valence-corrected chi connectivity index (χ0v) is 31.3. The average Bonchev–Trinajstić information content (AvgIpc) is 3.88. The lowest BCUT2D eigenvalue weighted by atomic mass is 9.88. The molecule has 284 valence electrons. The summed E-state index contributed by atoms with van der Waals surface area (Å²) in [6, 6.07) is 3.90. The Balaban J connectivity index is 1.46. The van der Waals surface area contributed by atoms with Crippen molar-refractivity contribution in [1.82, 2.24) is 9.88 Å². The zero-order valence-electron chi connectivity index (χ0n) is 31.3. The van der Waals surface area contributed by atoms with Gasteiger partial charge in [-0.3, -0.25) is 9.78 Å². The van der Waals surface area contributed by atoms with Crippen molar-refractivity contribution < 1.29 is 43.9 Å². The van der Waals surface area contributed by atoms with Crippen molar-refractivity contribution in [2.75, 3.05) is 38.2 Å². The fourth-order valence-electron chi connectivity index (χ4n) is 6.89. The minimum absolute atomic E-state index is 0.00980. The second-order valence-corrected chi connectivity index (χ2v) is 14.9. The molecule has 3 N–H and O–H groups in total. The normalized spacial score (nSPS) is 32.6. The van der Waals surface area contributed by atoms with Gasteiger partial charge in [-0.15, -0.1) is 0 Å². The molecule has 0 aliphatic carbocycles. The first-order chi connectivity index (χ1) is 24.2. The molecule has 1 aromatic heterocycles. The molecule has 3 aliphatic heterocycles. The Morgan fingerprint density at radius 2 is 1.90 bits per heavy atom. The molecule has 1 aromatic rings. The van der Waals surface area contributed by atoms with Crippen LogP contribution in [0.3, 0.4) is 0 Å². The van der Waals surface area contributed by atoms with Gasteiger partial charge >= 0.3 is 12.1 Å². The van der Waals surface area contributed by atoms with Crippen molar-refractivity contribution in [3.63, 3.8) is 0 Å². The Kier molecular flexibility index (Phi) is 14.3. The fraction of sp³-hybridized carbons (Fsp3) is 0.667. The summed E-state index contributed by atoms with van der Waals surface area (Å²) in [4.78, 5) is 34.5. The number of nitrogens with zero attached hydrogens (tertiary/aromatic N) is 3. The van der Waals surface area contributed by atoms with E-state index in [0.29, 0.717) is 45.4 Å². The van der Waals surface area contributed by atoms with Crippen molar-refractivity contribution in [3.8, 4) is 0 Å². The molecule has 0 aromatic carbocycles. The minimum atomic E-state index is -1.15. The molecule has 3 aliphatic rings. The van der Waals surface area contributed by atoms with Gasteiger partial charge < -0.3 is 44.1 Å². The highest BCUT2D eigenvalue weighted by molar-refractivity contribution is 5.70. The van der Waals surface area contributed by atoms with Gasteiger partial charge in [0.05, 0.1) is 36.4 Å². The van der Waals surface area contributed by atoms with Crippen molar-refractivity contribution >= 4 is 17.7 Å². The molecule has 10 unspecified atom stereocenters. The number of carbonyl (C=O) groups excluding carboxylic acids is 2. The molecule has 4 rings (SSSR count). The number of methoxy groups -OCH3 is 1. The first kappa shape index (κ1) is 40.5. The van der Waals surface area contributed by atoms with Crippen molar-refractivity contribution in [2.24, 2.45) is 11.8 Å². The number of aliphatic hydroxyl groups is 3. The van der Waals surface area contributed by atoms with E-state index in [9.17, 15) is 24.9 Å². The number of allylic oxidation sites excluding steroid dienone is 2. The standard InChI is InChI=1S/C39H59N3O9/c1-8-31(44)28(4)36-32(49-36)25-38(5,47)16-9-10-26(2)35-27(3)11-12-33(39(6,48-7)17-13-30(43)24-34(45)51-35)50-37(46)42-22-20-41(21-23-42)29-14-18-40-19-15-29/h9-12,14-16,18-19,27-28,30-33,35-36,43-44,47H,8,13,17,20-25H2,1-7H3/b12-11-,16-9+,26-10+. The van der Waals surface area contributed by atoms with E-state index in [2.05, 4.69) is 9.88 Å². The van der Waals surface area contributed by atoms with Crippen LogP contribution in [0, 0.1) is 11.8 Å². The molecule has 0 saturated carbocycles. The number of anilines is 1. The molecular formula is C39H59N3O9. The van der Waals surface area contributed by atoms with Crippen LogP contribution in [0.1, 0.15) is 73.6 Å². The van der Waals surface area contributed by atoms with Gasteiger partial charge in [0, 0.05) is 69.6 Å². The Hall–Kier alpha value is -3.29. The van der Waals surface area contributed by atoms with Crippen LogP contribution in [0.25, 0.3) is 0 Å². The van der Waals surface area contributed by atoms with E-state index in [-0.39, 0.29) is 36.9 Å². The van der Waals surface area contributed by atoms with Crippen LogP contribution < -0.4 is 4.90 Å². The summed E-state index contributed by atoms with van der Waals surface area (Å²) < 4.78 is 23.8. The topological polar surface area (TPSA) is 154 Å². The lowest BCUT2D eigenvalue weighted by molar-refractivity contribution is -0.151. The Labute approximate surface area is 303 Å². The van der Waals surface area contributed by atoms with Crippen LogP contribution in [-0.4, -0.2) is 118 Å². The third-order valence-corrected chi connectivity index (χ3v) is 10.6.